The van der Waals surface area contributed by atoms with Gasteiger partial charge in [0.25, 0.3) is 0 Å². The third-order valence-electron chi connectivity index (χ3n) is 4.02. The molecule has 128 valence electrons. The van der Waals surface area contributed by atoms with Crippen molar-refractivity contribution in [2.75, 3.05) is 0 Å². The molecular weight excluding hydrogens is 375 g/mol. The van der Waals surface area contributed by atoms with Gasteiger partial charge in [-0.3, -0.25) is 4.79 Å². The third kappa shape index (κ3) is 4.32. The molecule has 0 saturated carbocycles. The number of pyridine rings is 1. The summed E-state index contributed by atoms with van der Waals surface area (Å²) in [4.78, 5) is 11.5. The maximum Gasteiger partial charge on any atom is 0.250 e. The Kier molecular flexibility index (Phi) is 6.31. The van der Waals surface area contributed by atoms with Crippen LogP contribution in [0.3, 0.4) is 0 Å². The third-order valence-corrected chi connectivity index (χ3v) is 4.51. The Morgan fingerprint density at radius 1 is 1.38 bits per heavy atom. The van der Waals surface area contributed by atoms with Crippen LogP contribution >= 0.6 is 15.9 Å². The molecule has 0 amide bonds. The van der Waals surface area contributed by atoms with Gasteiger partial charge in [-0.05, 0) is 36.1 Å². The van der Waals surface area contributed by atoms with E-state index < -0.39 is 0 Å². The van der Waals surface area contributed by atoms with E-state index in [0.29, 0.717) is 27.7 Å². The van der Waals surface area contributed by atoms with E-state index in [1.807, 2.05) is 13.0 Å². The van der Waals surface area contributed by atoms with Crippen molar-refractivity contribution in [2.45, 2.75) is 32.1 Å². The molecular formula is C18H20BrFN2O2. The number of aromatic nitrogens is 1. The van der Waals surface area contributed by atoms with E-state index in [1.54, 1.807) is 25.4 Å². The lowest BCUT2D eigenvalue weighted by molar-refractivity contribution is 0.317. The van der Waals surface area contributed by atoms with E-state index in [1.165, 1.54) is 16.7 Å². The number of hydrogen-bond acceptors (Lipinski definition) is 3. The second-order valence-electron chi connectivity index (χ2n) is 5.77. The Labute approximate surface area is 148 Å². The molecule has 0 radical (unpaired) electrons. The number of nitrogens with zero attached hydrogens (tertiary/aromatic N) is 2. The van der Waals surface area contributed by atoms with Gasteiger partial charge in [-0.25, -0.2) is 4.39 Å². The van der Waals surface area contributed by atoms with E-state index in [9.17, 15) is 14.4 Å². The summed E-state index contributed by atoms with van der Waals surface area (Å²) in [7, 11) is 1.64. The summed E-state index contributed by atoms with van der Waals surface area (Å²) in [6.45, 7) is 2.03. The van der Waals surface area contributed by atoms with Crippen LogP contribution in [0.25, 0.3) is 0 Å². The van der Waals surface area contributed by atoms with Crippen LogP contribution in [0.15, 0.2) is 51.0 Å². The number of aryl methyl sites for hydroxylation is 1. The molecule has 0 aliphatic carbocycles. The summed E-state index contributed by atoms with van der Waals surface area (Å²) in [5.74, 6) is -0.383. The lowest BCUT2D eigenvalue weighted by Crippen LogP contribution is -2.18. The average molecular weight is 395 g/mol. The number of rotatable bonds is 6. The highest BCUT2D eigenvalue weighted by atomic mass is 79.9. The second-order valence-corrected chi connectivity index (χ2v) is 6.68. The zero-order valence-electron chi connectivity index (χ0n) is 13.7. The van der Waals surface area contributed by atoms with Crippen LogP contribution in [0.4, 0.5) is 4.39 Å². The first kappa shape index (κ1) is 18.4. The highest BCUT2D eigenvalue weighted by Crippen LogP contribution is 2.30. The molecule has 0 fully saturated rings. The van der Waals surface area contributed by atoms with Crippen LogP contribution in [0.1, 0.15) is 43.2 Å². The predicted octanol–water partition coefficient (Wildman–Crippen LogP) is 4.44. The van der Waals surface area contributed by atoms with E-state index >= 15 is 0 Å². The Balaban J connectivity index is 2.34. The van der Waals surface area contributed by atoms with Crippen LogP contribution in [-0.2, 0) is 7.05 Å². The first-order chi connectivity index (χ1) is 11.5. The number of hydrogen-bond donors (Lipinski definition) is 1. The van der Waals surface area contributed by atoms with Gasteiger partial charge in [0.05, 0.1) is 5.71 Å². The zero-order chi connectivity index (χ0) is 17.7. The molecule has 4 nitrogen and oxygen atoms in total. The molecule has 1 atom stereocenters. The van der Waals surface area contributed by atoms with Crippen molar-refractivity contribution in [1.82, 2.24) is 4.57 Å². The molecule has 0 saturated heterocycles. The van der Waals surface area contributed by atoms with Gasteiger partial charge in [-0.2, -0.15) is 0 Å². The Morgan fingerprint density at radius 3 is 2.71 bits per heavy atom. The van der Waals surface area contributed by atoms with Crippen LogP contribution in [0.5, 0.6) is 0 Å². The van der Waals surface area contributed by atoms with Crippen molar-refractivity contribution in [3.05, 3.63) is 68.3 Å². The first-order valence-corrected chi connectivity index (χ1v) is 8.58. The summed E-state index contributed by atoms with van der Waals surface area (Å²) in [6.07, 6.45) is 3.66. The van der Waals surface area contributed by atoms with E-state index in [-0.39, 0.29) is 17.3 Å². The summed E-state index contributed by atoms with van der Waals surface area (Å²) < 4.78 is 16.4. The van der Waals surface area contributed by atoms with Crippen molar-refractivity contribution in [1.29, 1.82) is 0 Å². The topological polar surface area (TPSA) is 54.6 Å². The Bertz CT molecular complexity index is 802. The molecule has 0 spiro atoms. The number of halogens is 2. The summed E-state index contributed by atoms with van der Waals surface area (Å²) in [6, 6.07) is 8.06. The van der Waals surface area contributed by atoms with Crippen LogP contribution < -0.4 is 5.56 Å². The fourth-order valence-corrected chi connectivity index (χ4v) is 3.10. The van der Waals surface area contributed by atoms with Crippen LogP contribution in [0.2, 0.25) is 0 Å². The Hall–Kier alpha value is -1.95. The molecule has 1 aromatic heterocycles. The highest BCUT2D eigenvalue weighted by Gasteiger charge is 2.19. The van der Waals surface area contributed by atoms with Crippen molar-refractivity contribution < 1.29 is 9.60 Å². The standard InChI is InChI=1S/C18H20BrFN2O2/c1-3-4-12(15-7-6-14(19)10-16(15)20)9-17(21-24)13-5-8-18(23)22(2)11-13/h5-8,10-12,24H,3-4,9H2,1-2H3/b21-17-. The molecule has 1 aromatic carbocycles. The van der Waals surface area contributed by atoms with Crippen LogP contribution in [0, 0.1) is 5.82 Å². The zero-order valence-corrected chi connectivity index (χ0v) is 15.3. The SMILES string of the molecule is CCCC(C/C(=N/O)c1ccc(=O)n(C)c1)c1ccc(Br)cc1F. The van der Waals surface area contributed by atoms with Gasteiger partial charge in [0, 0.05) is 35.8 Å². The Morgan fingerprint density at radius 2 is 2.12 bits per heavy atom. The summed E-state index contributed by atoms with van der Waals surface area (Å²) in [5, 5.41) is 12.8. The van der Waals surface area contributed by atoms with Gasteiger partial charge in [0.15, 0.2) is 0 Å². The van der Waals surface area contributed by atoms with Gasteiger partial charge < -0.3 is 9.77 Å². The van der Waals surface area contributed by atoms with Gasteiger partial charge >= 0.3 is 0 Å². The van der Waals surface area contributed by atoms with Crippen molar-refractivity contribution in [3.8, 4) is 0 Å². The predicted molar refractivity (Wildman–Crippen MR) is 96.4 cm³/mol. The fourth-order valence-electron chi connectivity index (χ4n) is 2.76. The molecule has 1 N–H and O–H groups in total. The first-order valence-electron chi connectivity index (χ1n) is 7.79. The minimum atomic E-state index is -0.277. The van der Waals surface area contributed by atoms with Gasteiger partial charge in [0.1, 0.15) is 5.82 Å². The molecule has 1 heterocycles. The molecule has 0 aliphatic rings. The fraction of sp³-hybridized carbons (Fsp3) is 0.333. The minimum Gasteiger partial charge on any atom is -0.411 e. The molecule has 2 aromatic rings. The minimum absolute atomic E-state index is 0.105. The van der Waals surface area contributed by atoms with E-state index in [0.717, 1.165) is 12.8 Å². The normalized spacial score (nSPS) is 13.1. The summed E-state index contributed by atoms with van der Waals surface area (Å²) >= 11 is 3.26. The smallest absolute Gasteiger partial charge is 0.250 e. The summed E-state index contributed by atoms with van der Waals surface area (Å²) in [5.41, 5.74) is 1.55. The van der Waals surface area contributed by atoms with Crippen molar-refractivity contribution in [2.24, 2.45) is 12.2 Å². The van der Waals surface area contributed by atoms with E-state index in [4.69, 9.17) is 0 Å². The maximum absolute atomic E-state index is 14.3. The number of benzene rings is 1. The maximum atomic E-state index is 14.3. The second kappa shape index (κ2) is 8.24. The molecule has 0 aliphatic heterocycles. The molecule has 24 heavy (non-hydrogen) atoms. The molecule has 6 heteroatoms. The monoisotopic (exact) mass is 394 g/mol. The largest absolute Gasteiger partial charge is 0.411 e. The molecule has 2 rings (SSSR count). The van der Waals surface area contributed by atoms with Crippen molar-refractivity contribution >= 4 is 21.6 Å². The number of oxime groups is 1. The quantitative estimate of drug-likeness (QED) is 0.447. The lowest BCUT2D eigenvalue weighted by Gasteiger charge is -2.18. The van der Waals surface area contributed by atoms with Crippen LogP contribution in [-0.4, -0.2) is 15.5 Å². The molecule has 0 bridgehead atoms. The van der Waals surface area contributed by atoms with Gasteiger partial charge in [-0.15, -0.1) is 0 Å². The van der Waals surface area contributed by atoms with E-state index in [2.05, 4.69) is 21.1 Å². The highest BCUT2D eigenvalue weighted by molar-refractivity contribution is 9.10. The average Bonchev–Trinajstić information content (AvgIpc) is 2.54. The lowest BCUT2D eigenvalue weighted by atomic mass is 9.87. The van der Waals surface area contributed by atoms with Gasteiger partial charge in [-0.1, -0.05) is 40.5 Å². The van der Waals surface area contributed by atoms with Gasteiger partial charge in [0.2, 0.25) is 5.56 Å². The van der Waals surface area contributed by atoms with Crippen molar-refractivity contribution in [3.63, 3.8) is 0 Å². The molecule has 1 unspecified atom stereocenters.